The first-order valence-corrected chi connectivity index (χ1v) is 6.78. The van der Waals surface area contributed by atoms with Gasteiger partial charge in [-0.3, -0.25) is 0 Å². The number of hydrogen-bond acceptors (Lipinski definition) is 1. The molecule has 0 bridgehead atoms. The molecule has 0 aliphatic heterocycles. The molecule has 3 rings (SSSR count). The zero-order valence-electron chi connectivity index (χ0n) is 11.7. The molecule has 1 unspecified atom stereocenters. The summed E-state index contributed by atoms with van der Waals surface area (Å²) in [4.78, 5) is 0. The first-order valence-electron chi connectivity index (χ1n) is 6.78. The fourth-order valence-corrected chi connectivity index (χ4v) is 3.14. The summed E-state index contributed by atoms with van der Waals surface area (Å²) < 4.78 is 28.8. The molecule has 0 saturated carbocycles. The molecular weight excluding hydrogens is 258 g/mol. The SMILES string of the molecule is CC1(C)Cc2c(ccn2-c2ccc(F)cc2F)C(N)C1. The fourth-order valence-electron chi connectivity index (χ4n) is 3.14. The number of aromatic nitrogens is 1. The Kier molecular flexibility index (Phi) is 2.94. The molecule has 106 valence electrons. The van der Waals surface area contributed by atoms with Gasteiger partial charge in [-0.05, 0) is 42.0 Å². The third-order valence-corrected chi connectivity index (χ3v) is 4.01. The Balaban J connectivity index is 2.13. The summed E-state index contributed by atoms with van der Waals surface area (Å²) in [5.74, 6) is -1.12. The summed E-state index contributed by atoms with van der Waals surface area (Å²) in [5, 5.41) is 0. The minimum atomic E-state index is -0.565. The molecule has 2 nitrogen and oxygen atoms in total. The Bertz CT molecular complexity index is 658. The fraction of sp³-hybridized carbons (Fsp3) is 0.375. The van der Waals surface area contributed by atoms with E-state index in [2.05, 4.69) is 13.8 Å². The van der Waals surface area contributed by atoms with Crippen molar-refractivity contribution in [3.63, 3.8) is 0 Å². The van der Waals surface area contributed by atoms with Crippen LogP contribution in [0.3, 0.4) is 0 Å². The molecule has 0 radical (unpaired) electrons. The second kappa shape index (κ2) is 4.42. The summed E-state index contributed by atoms with van der Waals surface area (Å²) in [6.45, 7) is 4.32. The van der Waals surface area contributed by atoms with Gasteiger partial charge >= 0.3 is 0 Å². The maximum absolute atomic E-state index is 14.0. The highest BCUT2D eigenvalue weighted by Gasteiger charge is 2.32. The van der Waals surface area contributed by atoms with Gasteiger partial charge in [0, 0.05) is 24.0 Å². The van der Waals surface area contributed by atoms with Crippen LogP contribution in [0.5, 0.6) is 0 Å². The Labute approximate surface area is 117 Å². The van der Waals surface area contributed by atoms with Crippen molar-refractivity contribution in [3.8, 4) is 5.69 Å². The van der Waals surface area contributed by atoms with Crippen molar-refractivity contribution in [2.75, 3.05) is 0 Å². The van der Waals surface area contributed by atoms with Crippen LogP contribution in [0.1, 0.15) is 37.6 Å². The van der Waals surface area contributed by atoms with Crippen molar-refractivity contribution in [1.82, 2.24) is 4.57 Å². The summed E-state index contributed by atoms with van der Waals surface area (Å²) in [6.07, 6.45) is 3.57. The average Bonchev–Trinajstić information content (AvgIpc) is 2.71. The van der Waals surface area contributed by atoms with Crippen molar-refractivity contribution >= 4 is 0 Å². The second-order valence-corrected chi connectivity index (χ2v) is 6.34. The van der Waals surface area contributed by atoms with Gasteiger partial charge in [0.05, 0.1) is 5.69 Å². The molecule has 1 aliphatic rings. The van der Waals surface area contributed by atoms with Crippen molar-refractivity contribution in [2.24, 2.45) is 11.1 Å². The number of nitrogens with two attached hydrogens (primary N) is 1. The summed E-state index contributed by atoms with van der Waals surface area (Å²) in [6, 6.07) is 5.57. The molecule has 0 spiro atoms. The number of benzene rings is 1. The average molecular weight is 276 g/mol. The summed E-state index contributed by atoms with van der Waals surface area (Å²) in [7, 11) is 0. The summed E-state index contributed by atoms with van der Waals surface area (Å²) >= 11 is 0. The zero-order chi connectivity index (χ0) is 14.5. The molecule has 2 aromatic rings. The highest BCUT2D eigenvalue weighted by Crippen LogP contribution is 2.40. The van der Waals surface area contributed by atoms with Crippen LogP contribution in [0.4, 0.5) is 8.78 Å². The van der Waals surface area contributed by atoms with Crippen molar-refractivity contribution in [2.45, 2.75) is 32.7 Å². The molecule has 0 amide bonds. The molecule has 1 aromatic heterocycles. The van der Waals surface area contributed by atoms with E-state index in [0.717, 1.165) is 30.2 Å². The van der Waals surface area contributed by atoms with Crippen LogP contribution in [0.25, 0.3) is 5.69 Å². The van der Waals surface area contributed by atoms with E-state index in [0.29, 0.717) is 5.69 Å². The number of rotatable bonds is 1. The Morgan fingerprint density at radius 2 is 2.00 bits per heavy atom. The van der Waals surface area contributed by atoms with Crippen LogP contribution < -0.4 is 5.73 Å². The van der Waals surface area contributed by atoms with Crippen LogP contribution in [-0.4, -0.2) is 4.57 Å². The monoisotopic (exact) mass is 276 g/mol. The maximum atomic E-state index is 14.0. The van der Waals surface area contributed by atoms with Crippen LogP contribution in [0.15, 0.2) is 30.5 Å². The van der Waals surface area contributed by atoms with E-state index in [-0.39, 0.29) is 11.5 Å². The third-order valence-electron chi connectivity index (χ3n) is 4.01. The van der Waals surface area contributed by atoms with Crippen LogP contribution in [0.2, 0.25) is 0 Å². The first kappa shape index (κ1) is 13.3. The van der Waals surface area contributed by atoms with E-state index in [9.17, 15) is 8.78 Å². The zero-order valence-corrected chi connectivity index (χ0v) is 11.7. The van der Waals surface area contributed by atoms with Crippen LogP contribution in [-0.2, 0) is 6.42 Å². The lowest BCUT2D eigenvalue weighted by Gasteiger charge is -2.34. The molecule has 20 heavy (non-hydrogen) atoms. The van der Waals surface area contributed by atoms with Crippen molar-refractivity contribution < 1.29 is 8.78 Å². The lowest BCUT2D eigenvalue weighted by molar-refractivity contribution is 0.278. The normalized spacial score (nSPS) is 20.8. The highest BCUT2D eigenvalue weighted by atomic mass is 19.1. The summed E-state index contributed by atoms with van der Waals surface area (Å²) in [5.41, 5.74) is 8.75. The van der Waals surface area contributed by atoms with E-state index in [1.807, 2.05) is 12.3 Å². The lowest BCUT2D eigenvalue weighted by Crippen LogP contribution is -2.30. The van der Waals surface area contributed by atoms with E-state index in [4.69, 9.17) is 5.73 Å². The molecular formula is C16H18F2N2. The van der Waals surface area contributed by atoms with E-state index in [1.54, 1.807) is 4.57 Å². The number of hydrogen-bond donors (Lipinski definition) is 1. The molecule has 0 fully saturated rings. The number of nitrogens with zero attached hydrogens (tertiary/aromatic N) is 1. The van der Waals surface area contributed by atoms with Gasteiger partial charge < -0.3 is 10.3 Å². The molecule has 4 heteroatoms. The Hall–Kier alpha value is -1.68. The second-order valence-electron chi connectivity index (χ2n) is 6.34. The van der Waals surface area contributed by atoms with Gasteiger partial charge in [-0.15, -0.1) is 0 Å². The molecule has 1 aliphatic carbocycles. The van der Waals surface area contributed by atoms with Crippen LogP contribution >= 0.6 is 0 Å². The topological polar surface area (TPSA) is 30.9 Å². The van der Waals surface area contributed by atoms with E-state index in [1.165, 1.54) is 12.1 Å². The van der Waals surface area contributed by atoms with Gasteiger partial charge in [-0.1, -0.05) is 13.8 Å². The van der Waals surface area contributed by atoms with Gasteiger partial charge in [-0.2, -0.15) is 0 Å². The lowest BCUT2D eigenvalue weighted by atomic mass is 9.74. The smallest absolute Gasteiger partial charge is 0.150 e. The maximum Gasteiger partial charge on any atom is 0.150 e. The van der Waals surface area contributed by atoms with Crippen molar-refractivity contribution in [1.29, 1.82) is 0 Å². The van der Waals surface area contributed by atoms with Gasteiger partial charge in [0.15, 0.2) is 0 Å². The minimum absolute atomic E-state index is 0.0292. The quantitative estimate of drug-likeness (QED) is 0.845. The number of fused-ring (bicyclic) bond motifs is 1. The first-order chi connectivity index (χ1) is 9.37. The predicted octanol–water partition coefficient (Wildman–Crippen LogP) is 3.73. The van der Waals surface area contributed by atoms with Gasteiger partial charge in [0.2, 0.25) is 0 Å². The molecule has 1 atom stereocenters. The predicted molar refractivity (Wildman–Crippen MR) is 74.7 cm³/mol. The largest absolute Gasteiger partial charge is 0.324 e. The van der Waals surface area contributed by atoms with Gasteiger partial charge in [-0.25, -0.2) is 8.78 Å². The van der Waals surface area contributed by atoms with Gasteiger partial charge in [0.25, 0.3) is 0 Å². The van der Waals surface area contributed by atoms with E-state index >= 15 is 0 Å². The van der Waals surface area contributed by atoms with E-state index < -0.39 is 11.6 Å². The molecule has 1 aromatic carbocycles. The highest BCUT2D eigenvalue weighted by molar-refractivity contribution is 5.42. The van der Waals surface area contributed by atoms with Crippen LogP contribution in [0, 0.1) is 17.0 Å². The Morgan fingerprint density at radius 3 is 2.70 bits per heavy atom. The standard InChI is InChI=1S/C16H18F2N2/c1-16(2)8-13(19)11-5-6-20(15(11)9-16)14-4-3-10(17)7-12(14)18/h3-7,13H,8-9,19H2,1-2H3. The molecule has 0 saturated heterocycles. The Morgan fingerprint density at radius 1 is 1.25 bits per heavy atom. The van der Waals surface area contributed by atoms with Crippen molar-refractivity contribution in [3.05, 3.63) is 53.4 Å². The minimum Gasteiger partial charge on any atom is -0.324 e. The van der Waals surface area contributed by atoms with Gasteiger partial charge in [0.1, 0.15) is 11.6 Å². The third kappa shape index (κ3) is 2.14. The molecule has 2 N–H and O–H groups in total. The molecule has 1 heterocycles. The number of halogens is 2.